The number of rotatable bonds is 5. The Bertz CT molecular complexity index is 954. The molecule has 2 amide bonds. The number of hydrogen-bond acceptors (Lipinski definition) is 5. The third kappa shape index (κ3) is 5.55. The minimum Gasteiger partial charge on any atom is -0.461 e. The van der Waals surface area contributed by atoms with E-state index < -0.39 is 17.9 Å². The summed E-state index contributed by atoms with van der Waals surface area (Å²) in [5.74, 6) is -1.37. The van der Waals surface area contributed by atoms with Gasteiger partial charge in [0.2, 0.25) is 5.91 Å². The number of thiocarbonyl (C=S) groups is 1. The lowest BCUT2D eigenvalue weighted by atomic mass is 10.1. The summed E-state index contributed by atoms with van der Waals surface area (Å²) in [7, 11) is 0. The summed E-state index contributed by atoms with van der Waals surface area (Å²) in [5, 5.41) is 5.64. The zero-order valence-electron chi connectivity index (χ0n) is 16.0. The average Bonchev–Trinajstić information content (AvgIpc) is 2.74. The Kier molecular flexibility index (Phi) is 7.37. The maximum Gasteiger partial charge on any atom is 0.308 e. The van der Waals surface area contributed by atoms with Crippen molar-refractivity contribution in [2.75, 3.05) is 13.1 Å². The van der Waals surface area contributed by atoms with Gasteiger partial charge in [-0.1, -0.05) is 54.1 Å². The van der Waals surface area contributed by atoms with Crippen molar-refractivity contribution >= 4 is 46.7 Å². The molecule has 0 radical (unpaired) electrons. The minimum absolute atomic E-state index is 0.0515. The molecule has 3 rings (SSSR count). The molecular formula is C21H20ClN3O4S. The number of piperazine rings is 1. The fourth-order valence-electron chi connectivity index (χ4n) is 3.00. The molecule has 1 aliphatic rings. The highest BCUT2D eigenvalue weighted by Gasteiger charge is 2.34. The van der Waals surface area contributed by atoms with E-state index in [-0.39, 0.29) is 34.6 Å². The molecule has 2 aromatic rings. The van der Waals surface area contributed by atoms with Gasteiger partial charge in [-0.3, -0.25) is 19.7 Å². The van der Waals surface area contributed by atoms with Crippen molar-refractivity contribution < 1.29 is 19.1 Å². The molecule has 9 heteroatoms. The highest BCUT2D eigenvalue weighted by Crippen LogP contribution is 2.16. The highest BCUT2D eigenvalue weighted by atomic mass is 35.5. The van der Waals surface area contributed by atoms with Gasteiger partial charge in [0, 0.05) is 13.1 Å². The van der Waals surface area contributed by atoms with E-state index in [0.29, 0.717) is 13.1 Å². The van der Waals surface area contributed by atoms with Gasteiger partial charge in [-0.2, -0.15) is 0 Å². The summed E-state index contributed by atoms with van der Waals surface area (Å²) in [4.78, 5) is 38.7. The van der Waals surface area contributed by atoms with Crippen LogP contribution in [0.15, 0.2) is 54.6 Å². The van der Waals surface area contributed by atoms with Crippen molar-refractivity contribution in [2.45, 2.75) is 19.1 Å². The van der Waals surface area contributed by atoms with Crippen molar-refractivity contribution in [3.63, 3.8) is 0 Å². The predicted molar refractivity (Wildman–Crippen MR) is 116 cm³/mol. The maximum atomic E-state index is 12.5. The van der Waals surface area contributed by atoms with Crippen molar-refractivity contribution in [3.8, 4) is 0 Å². The average molecular weight is 446 g/mol. The largest absolute Gasteiger partial charge is 0.461 e. The molecule has 0 spiro atoms. The SMILES string of the molecule is O=C(CC1C(=O)NCCN1C(=S)NC(=O)c1ccccc1Cl)OCc1ccccc1. The monoisotopic (exact) mass is 445 g/mol. The van der Waals surface area contributed by atoms with Gasteiger partial charge in [-0.05, 0) is 29.9 Å². The summed E-state index contributed by atoms with van der Waals surface area (Å²) in [6.07, 6.45) is -0.194. The number of carbonyl (C=O) groups excluding carboxylic acids is 3. The van der Waals surface area contributed by atoms with Crippen LogP contribution in [0.4, 0.5) is 0 Å². The Labute approximate surface area is 184 Å². The molecule has 2 aromatic carbocycles. The molecule has 30 heavy (non-hydrogen) atoms. The van der Waals surface area contributed by atoms with Crippen LogP contribution in [0.25, 0.3) is 0 Å². The Morgan fingerprint density at radius 2 is 1.87 bits per heavy atom. The summed E-state index contributed by atoms with van der Waals surface area (Å²) in [5.41, 5.74) is 1.11. The first-order valence-corrected chi connectivity index (χ1v) is 10.1. The van der Waals surface area contributed by atoms with Gasteiger partial charge in [-0.25, -0.2) is 0 Å². The topological polar surface area (TPSA) is 87.7 Å². The second-order valence-electron chi connectivity index (χ2n) is 6.59. The molecule has 0 saturated carbocycles. The zero-order chi connectivity index (χ0) is 21.5. The minimum atomic E-state index is -0.874. The third-order valence-corrected chi connectivity index (χ3v) is 5.20. The molecule has 156 valence electrons. The number of hydrogen-bond donors (Lipinski definition) is 2. The van der Waals surface area contributed by atoms with Crippen LogP contribution in [0, 0.1) is 0 Å². The Morgan fingerprint density at radius 1 is 1.17 bits per heavy atom. The predicted octanol–water partition coefficient (Wildman–Crippen LogP) is 2.29. The van der Waals surface area contributed by atoms with Crippen LogP contribution in [-0.4, -0.2) is 46.9 Å². The lowest BCUT2D eigenvalue weighted by Gasteiger charge is -2.36. The standard InChI is InChI=1S/C21H20ClN3O4S/c22-16-9-5-4-8-15(16)19(27)24-21(30)25-11-10-23-20(28)17(25)12-18(26)29-13-14-6-2-1-3-7-14/h1-9,17H,10-13H2,(H,23,28)(H,24,27,30). The number of esters is 1. The van der Waals surface area contributed by atoms with Gasteiger partial charge in [-0.15, -0.1) is 0 Å². The third-order valence-electron chi connectivity index (χ3n) is 4.53. The zero-order valence-corrected chi connectivity index (χ0v) is 17.5. The summed E-state index contributed by atoms with van der Waals surface area (Å²) in [6.45, 7) is 0.808. The van der Waals surface area contributed by atoms with E-state index in [1.165, 1.54) is 4.90 Å². The lowest BCUT2D eigenvalue weighted by molar-refractivity contribution is -0.148. The fourth-order valence-corrected chi connectivity index (χ4v) is 3.53. The number of benzene rings is 2. The number of amides is 2. The first-order valence-electron chi connectivity index (χ1n) is 9.29. The van der Waals surface area contributed by atoms with E-state index in [1.54, 1.807) is 24.3 Å². The molecule has 1 heterocycles. The Morgan fingerprint density at radius 3 is 2.60 bits per heavy atom. The molecule has 1 fully saturated rings. The van der Waals surface area contributed by atoms with Crippen molar-refractivity contribution in [3.05, 3.63) is 70.7 Å². The summed E-state index contributed by atoms with van der Waals surface area (Å²) < 4.78 is 5.28. The maximum absolute atomic E-state index is 12.5. The Hall–Kier alpha value is -2.97. The molecule has 1 unspecified atom stereocenters. The number of ether oxygens (including phenoxy) is 1. The summed E-state index contributed by atoms with van der Waals surface area (Å²) >= 11 is 11.4. The fraction of sp³-hybridized carbons (Fsp3) is 0.238. The molecule has 1 aliphatic heterocycles. The molecule has 7 nitrogen and oxygen atoms in total. The lowest BCUT2D eigenvalue weighted by Crippen LogP contribution is -2.60. The highest BCUT2D eigenvalue weighted by molar-refractivity contribution is 7.80. The van der Waals surface area contributed by atoms with Gasteiger partial charge in [0.25, 0.3) is 5.91 Å². The molecule has 2 N–H and O–H groups in total. The number of nitrogens with one attached hydrogen (secondary N) is 2. The van der Waals surface area contributed by atoms with Gasteiger partial charge < -0.3 is 15.0 Å². The normalized spacial score (nSPS) is 15.8. The first-order chi connectivity index (χ1) is 14.5. The van der Waals surface area contributed by atoms with Gasteiger partial charge in [0.15, 0.2) is 5.11 Å². The first kappa shape index (κ1) is 21.7. The van der Waals surface area contributed by atoms with E-state index >= 15 is 0 Å². The molecule has 0 bridgehead atoms. The van der Waals surface area contributed by atoms with E-state index in [9.17, 15) is 14.4 Å². The van der Waals surface area contributed by atoms with Crippen LogP contribution in [0.5, 0.6) is 0 Å². The van der Waals surface area contributed by atoms with Crippen molar-refractivity contribution in [2.24, 2.45) is 0 Å². The van der Waals surface area contributed by atoms with Crippen LogP contribution in [-0.2, 0) is 20.9 Å². The van der Waals surface area contributed by atoms with Gasteiger partial charge >= 0.3 is 5.97 Å². The van der Waals surface area contributed by atoms with Crippen LogP contribution < -0.4 is 10.6 Å². The second-order valence-corrected chi connectivity index (χ2v) is 7.38. The van der Waals surface area contributed by atoms with E-state index in [2.05, 4.69) is 10.6 Å². The molecule has 0 aliphatic carbocycles. The van der Waals surface area contributed by atoms with Crippen LogP contribution in [0.3, 0.4) is 0 Å². The van der Waals surface area contributed by atoms with Crippen LogP contribution in [0.2, 0.25) is 5.02 Å². The van der Waals surface area contributed by atoms with Crippen LogP contribution in [0.1, 0.15) is 22.3 Å². The smallest absolute Gasteiger partial charge is 0.308 e. The number of halogens is 1. The molecular weight excluding hydrogens is 426 g/mol. The number of carbonyl (C=O) groups is 3. The summed E-state index contributed by atoms with van der Waals surface area (Å²) in [6, 6.07) is 14.9. The quantitative estimate of drug-likeness (QED) is 0.542. The number of nitrogens with zero attached hydrogens (tertiary/aromatic N) is 1. The van der Waals surface area contributed by atoms with Crippen molar-refractivity contribution in [1.82, 2.24) is 15.5 Å². The Balaban J connectivity index is 1.62. The molecule has 1 saturated heterocycles. The molecule has 0 aromatic heterocycles. The van der Waals surface area contributed by atoms with Crippen molar-refractivity contribution in [1.29, 1.82) is 0 Å². The van der Waals surface area contributed by atoms with Crippen LogP contribution >= 0.6 is 23.8 Å². The second kappa shape index (κ2) is 10.2. The van der Waals surface area contributed by atoms with E-state index in [0.717, 1.165) is 5.56 Å². The molecule has 1 atom stereocenters. The van der Waals surface area contributed by atoms with Gasteiger partial charge in [0.05, 0.1) is 17.0 Å². The van der Waals surface area contributed by atoms with E-state index in [1.807, 2.05) is 30.3 Å². The van der Waals surface area contributed by atoms with Gasteiger partial charge in [0.1, 0.15) is 12.6 Å². The van der Waals surface area contributed by atoms with E-state index in [4.69, 9.17) is 28.6 Å².